The van der Waals surface area contributed by atoms with E-state index in [-0.39, 0.29) is 22.6 Å². The van der Waals surface area contributed by atoms with E-state index < -0.39 is 5.97 Å². The van der Waals surface area contributed by atoms with Gasteiger partial charge in [-0.3, -0.25) is 4.79 Å². The summed E-state index contributed by atoms with van der Waals surface area (Å²) < 4.78 is 14.6. The number of carbonyl (C=O) groups is 2. The van der Waals surface area contributed by atoms with E-state index in [2.05, 4.69) is 4.74 Å². The molecule has 5 nitrogen and oxygen atoms in total. The second-order valence-corrected chi connectivity index (χ2v) is 2.90. The highest BCUT2D eigenvalue weighted by atomic mass is 16.5. The minimum absolute atomic E-state index is 0.262. The molecule has 1 rings (SSSR count). The Bertz CT molecular complexity index is 386. The van der Waals surface area contributed by atoms with Crippen LogP contribution in [0.25, 0.3) is 0 Å². The Kier molecular flexibility index (Phi) is 3.88. The molecule has 0 radical (unpaired) electrons. The molecule has 0 N–H and O–H groups in total. The Morgan fingerprint density at radius 3 is 1.94 bits per heavy atom. The second-order valence-electron chi connectivity index (χ2n) is 2.90. The maximum atomic E-state index is 11.3. The lowest BCUT2D eigenvalue weighted by Crippen LogP contribution is -2.04. The monoisotopic (exact) mass is 224 g/mol. The first-order chi connectivity index (χ1) is 7.67. The quantitative estimate of drug-likeness (QED) is 0.570. The largest absolute Gasteiger partial charge is 0.496 e. The molecule has 5 heteroatoms. The average Bonchev–Trinajstić information content (AvgIpc) is 2.35. The second kappa shape index (κ2) is 5.16. The summed E-state index contributed by atoms with van der Waals surface area (Å²) in [6.07, 6.45) is 0.610. The van der Waals surface area contributed by atoms with E-state index in [1.54, 1.807) is 0 Å². The molecule has 0 saturated heterocycles. The number of ether oxygens (including phenoxy) is 3. The summed E-state index contributed by atoms with van der Waals surface area (Å²) in [5.74, 6) is 0.0264. The van der Waals surface area contributed by atoms with Crippen molar-refractivity contribution in [1.82, 2.24) is 0 Å². The molecule has 86 valence electrons. The van der Waals surface area contributed by atoms with Crippen molar-refractivity contribution in [2.75, 3.05) is 21.3 Å². The Morgan fingerprint density at radius 1 is 1.12 bits per heavy atom. The molecule has 0 fully saturated rings. The van der Waals surface area contributed by atoms with Gasteiger partial charge in [0.05, 0.1) is 32.5 Å². The van der Waals surface area contributed by atoms with E-state index in [1.807, 2.05) is 0 Å². The van der Waals surface area contributed by atoms with Crippen LogP contribution in [0.1, 0.15) is 20.7 Å². The smallest absolute Gasteiger partial charge is 0.338 e. The van der Waals surface area contributed by atoms with Gasteiger partial charge in [-0.25, -0.2) is 4.79 Å². The van der Waals surface area contributed by atoms with Crippen molar-refractivity contribution < 1.29 is 23.8 Å². The fraction of sp³-hybridized carbons (Fsp3) is 0.273. The number of benzene rings is 1. The van der Waals surface area contributed by atoms with Gasteiger partial charge in [0, 0.05) is 0 Å². The van der Waals surface area contributed by atoms with E-state index in [4.69, 9.17) is 9.47 Å². The summed E-state index contributed by atoms with van der Waals surface area (Å²) in [5.41, 5.74) is 0.527. The number of aldehydes is 1. The van der Waals surface area contributed by atoms with E-state index in [9.17, 15) is 9.59 Å². The first-order valence-electron chi connectivity index (χ1n) is 4.47. The summed E-state index contributed by atoms with van der Waals surface area (Å²) in [4.78, 5) is 22.2. The maximum Gasteiger partial charge on any atom is 0.338 e. The molecule has 0 heterocycles. The number of esters is 1. The van der Waals surface area contributed by atoms with Crippen LogP contribution in [0.4, 0.5) is 0 Å². The van der Waals surface area contributed by atoms with Gasteiger partial charge in [0.15, 0.2) is 6.29 Å². The number of methoxy groups -OCH3 is 3. The lowest BCUT2D eigenvalue weighted by atomic mass is 10.1. The van der Waals surface area contributed by atoms with Gasteiger partial charge in [0.2, 0.25) is 0 Å². The Balaban J connectivity index is 3.36. The van der Waals surface area contributed by atoms with Crippen LogP contribution in [-0.2, 0) is 4.74 Å². The molecule has 0 saturated carbocycles. The highest BCUT2D eigenvalue weighted by Crippen LogP contribution is 2.29. The minimum Gasteiger partial charge on any atom is -0.496 e. The summed E-state index contributed by atoms with van der Waals surface area (Å²) in [7, 11) is 4.08. The summed E-state index contributed by atoms with van der Waals surface area (Å²) in [6, 6.07) is 2.86. The normalized spacial score (nSPS) is 9.44. The van der Waals surface area contributed by atoms with Gasteiger partial charge in [-0.1, -0.05) is 0 Å². The summed E-state index contributed by atoms with van der Waals surface area (Å²) >= 11 is 0. The van der Waals surface area contributed by atoms with Crippen LogP contribution in [0.15, 0.2) is 12.1 Å². The maximum absolute atomic E-state index is 11.3. The standard InChI is InChI=1S/C11H12O5/c1-14-9-4-7(11(13)16-3)5-10(15-2)8(9)6-12/h4-6H,1-3H3. The van der Waals surface area contributed by atoms with Crippen molar-refractivity contribution in [2.24, 2.45) is 0 Å². The third-order valence-electron chi connectivity index (χ3n) is 2.08. The van der Waals surface area contributed by atoms with Crippen molar-refractivity contribution in [3.05, 3.63) is 23.3 Å². The van der Waals surface area contributed by atoms with Crippen molar-refractivity contribution in [2.45, 2.75) is 0 Å². The van der Waals surface area contributed by atoms with Crippen LogP contribution in [0.3, 0.4) is 0 Å². The van der Waals surface area contributed by atoms with Crippen LogP contribution in [0.2, 0.25) is 0 Å². The molecule has 0 aromatic heterocycles. The Morgan fingerprint density at radius 2 is 1.62 bits per heavy atom. The number of hydrogen-bond donors (Lipinski definition) is 0. The fourth-order valence-corrected chi connectivity index (χ4v) is 1.29. The van der Waals surface area contributed by atoms with Gasteiger partial charge in [0.1, 0.15) is 11.5 Å². The molecule has 0 aliphatic heterocycles. The van der Waals surface area contributed by atoms with Crippen molar-refractivity contribution in [1.29, 1.82) is 0 Å². The van der Waals surface area contributed by atoms with E-state index >= 15 is 0 Å². The summed E-state index contributed by atoms with van der Waals surface area (Å²) in [6.45, 7) is 0. The van der Waals surface area contributed by atoms with Crippen LogP contribution in [0, 0.1) is 0 Å². The van der Waals surface area contributed by atoms with Crippen molar-refractivity contribution in [3.63, 3.8) is 0 Å². The predicted octanol–water partition coefficient (Wildman–Crippen LogP) is 1.30. The molecule has 16 heavy (non-hydrogen) atoms. The van der Waals surface area contributed by atoms with Crippen LogP contribution in [-0.4, -0.2) is 33.6 Å². The first kappa shape index (κ1) is 12.0. The zero-order valence-electron chi connectivity index (χ0n) is 9.27. The van der Waals surface area contributed by atoms with Gasteiger partial charge < -0.3 is 14.2 Å². The van der Waals surface area contributed by atoms with E-state index in [1.165, 1.54) is 33.5 Å². The summed E-state index contributed by atoms with van der Waals surface area (Å²) in [5, 5.41) is 0. The highest BCUT2D eigenvalue weighted by molar-refractivity contribution is 5.93. The topological polar surface area (TPSA) is 61.8 Å². The molecule has 0 aliphatic carbocycles. The van der Waals surface area contributed by atoms with Crippen LogP contribution >= 0.6 is 0 Å². The van der Waals surface area contributed by atoms with Crippen LogP contribution < -0.4 is 9.47 Å². The van der Waals surface area contributed by atoms with Crippen molar-refractivity contribution in [3.8, 4) is 11.5 Å². The van der Waals surface area contributed by atoms with Gasteiger partial charge in [-0.05, 0) is 12.1 Å². The Hall–Kier alpha value is -2.04. The van der Waals surface area contributed by atoms with Gasteiger partial charge in [0.25, 0.3) is 0 Å². The first-order valence-corrected chi connectivity index (χ1v) is 4.47. The molecule has 0 bridgehead atoms. The SMILES string of the molecule is COC(=O)c1cc(OC)c(C=O)c(OC)c1. The van der Waals surface area contributed by atoms with Crippen molar-refractivity contribution >= 4 is 12.3 Å². The lowest BCUT2D eigenvalue weighted by molar-refractivity contribution is 0.0599. The predicted molar refractivity (Wildman–Crippen MR) is 56.3 cm³/mol. The van der Waals surface area contributed by atoms with E-state index in [0.29, 0.717) is 6.29 Å². The molecule has 1 aromatic rings. The number of carbonyl (C=O) groups excluding carboxylic acids is 2. The molecular formula is C11H12O5. The molecule has 0 amide bonds. The molecular weight excluding hydrogens is 212 g/mol. The third kappa shape index (κ3) is 2.13. The third-order valence-corrected chi connectivity index (χ3v) is 2.08. The number of hydrogen-bond acceptors (Lipinski definition) is 5. The molecule has 1 aromatic carbocycles. The average molecular weight is 224 g/mol. The van der Waals surface area contributed by atoms with Crippen LogP contribution in [0.5, 0.6) is 11.5 Å². The zero-order chi connectivity index (χ0) is 12.1. The highest BCUT2D eigenvalue weighted by Gasteiger charge is 2.15. The molecule has 0 spiro atoms. The van der Waals surface area contributed by atoms with Gasteiger partial charge in [-0.15, -0.1) is 0 Å². The van der Waals surface area contributed by atoms with Gasteiger partial charge >= 0.3 is 5.97 Å². The molecule has 0 atom stereocenters. The minimum atomic E-state index is -0.519. The fourth-order valence-electron chi connectivity index (χ4n) is 1.29. The molecule has 0 unspecified atom stereocenters. The number of rotatable bonds is 4. The Labute approximate surface area is 92.9 Å². The zero-order valence-corrected chi connectivity index (χ0v) is 9.27. The van der Waals surface area contributed by atoms with Gasteiger partial charge in [-0.2, -0.15) is 0 Å². The van der Waals surface area contributed by atoms with E-state index in [0.717, 1.165) is 0 Å². The molecule has 0 aliphatic rings. The lowest BCUT2D eigenvalue weighted by Gasteiger charge is -2.10.